The number of nitrogens with two attached hydrogens (primary N) is 1. The van der Waals surface area contributed by atoms with Gasteiger partial charge in [-0.3, -0.25) is 9.69 Å². The maximum absolute atomic E-state index is 13.5. The van der Waals surface area contributed by atoms with Crippen molar-refractivity contribution in [1.29, 1.82) is 0 Å². The van der Waals surface area contributed by atoms with Gasteiger partial charge in [-0.2, -0.15) is 13.2 Å². The molecular weight excluding hydrogens is 276 g/mol. The standard InChI is InChI=1S/C13H13F4N2O/c1-19-6-8(5-11(19)12(18)20)7-2-3-9(10(14)4-7)13(15,16)17/h2-5,8,11H,6H2,1H3,(H2,18,20). The molecule has 0 aliphatic carbocycles. The number of hydrogen-bond donors (Lipinski definition) is 1. The summed E-state index contributed by atoms with van der Waals surface area (Å²) in [6.07, 6.45) is -3.10. The summed E-state index contributed by atoms with van der Waals surface area (Å²) >= 11 is 0. The molecule has 1 saturated heterocycles. The van der Waals surface area contributed by atoms with Gasteiger partial charge >= 0.3 is 6.18 Å². The van der Waals surface area contributed by atoms with Gasteiger partial charge < -0.3 is 5.73 Å². The Morgan fingerprint density at radius 3 is 2.50 bits per heavy atom. The van der Waals surface area contributed by atoms with E-state index >= 15 is 0 Å². The minimum Gasteiger partial charge on any atom is -0.368 e. The third-order valence-electron chi connectivity index (χ3n) is 3.39. The number of alkyl halides is 3. The topological polar surface area (TPSA) is 46.3 Å². The van der Waals surface area contributed by atoms with E-state index in [9.17, 15) is 22.4 Å². The molecule has 1 heterocycles. The normalized spacial score (nSPS) is 24.1. The van der Waals surface area contributed by atoms with Gasteiger partial charge in [0.15, 0.2) is 0 Å². The molecule has 0 aromatic heterocycles. The maximum atomic E-state index is 13.5. The Hall–Kier alpha value is -1.63. The second-order valence-corrected chi connectivity index (χ2v) is 4.82. The number of amides is 1. The quantitative estimate of drug-likeness (QED) is 0.846. The Morgan fingerprint density at radius 2 is 2.05 bits per heavy atom. The SMILES string of the molecule is CN1CC(c2ccc(C(F)(F)F)c(F)c2)[CH]C1C(N)=O. The molecule has 1 fully saturated rings. The lowest BCUT2D eigenvalue weighted by molar-refractivity contribution is -0.140. The summed E-state index contributed by atoms with van der Waals surface area (Å²) in [7, 11) is 1.67. The second kappa shape index (κ2) is 5.05. The Kier molecular flexibility index (Phi) is 3.73. The number of likely N-dealkylation sites (tertiary alicyclic amines) is 1. The van der Waals surface area contributed by atoms with E-state index in [4.69, 9.17) is 5.73 Å². The van der Waals surface area contributed by atoms with E-state index in [0.29, 0.717) is 12.1 Å². The van der Waals surface area contributed by atoms with Crippen LogP contribution in [0.2, 0.25) is 0 Å². The van der Waals surface area contributed by atoms with Crippen molar-refractivity contribution in [3.05, 3.63) is 41.6 Å². The van der Waals surface area contributed by atoms with Crippen LogP contribution in [0.25, 0.3) is 0 Å². The summed E-state index contributed by atoms with van der Waals surface area (Å²) in [5.41, 5.74) is 4.31. The summed E-state index contributed by atoms with van der Waals surface area (Å²) in [5, 5.41) is 0. The van der Waals surface area contributed by atoms with E-state index in [1.165, 1.54) is 6.07 Å². The minimum absolute atomic E-state index is 0.325. The van der Waals surface area contributed by atoms with Gasteiger partial charge in [0.05, 0.1) is 11.6 Å². The minimum atomic E-state index is -4.71. The fourth-order valence-electron chi connectivity index (χ4n) is 2.37. The molecule has 2 atom stereocenters. The van der Waals surface area contributed by atoms with E-state index in [1.54, 1.807) is 18.4 Å². The van der Waals surface area contributed by atoms with Crippen molar-refractivity contribution in [1.82, 2.24) is 4.90 Å². The van der Waals surface area contributed by atoms with Crippen molar-refractivity contribution in [3.8, 4) is 0 Å². The summed E-state index contributed by atoms with van der Waals surface area (Å²) in [6.45, 7) is 0.401. The molecule has 3 nitrogen and oxygen atoms in total. The second-order valence-electron chi connectivity index (χ2n) is 4.82. The van der Waals surface area contributed by atoms with Crippen LogP contribution in [0, 0.1) is 12.2 Å². The Balaban J connectivity index is 2.24. The third kappa shape index (κ3) is 2.77. The van der Waals surface area contributed by atoms with E-state index in [0.717, 1.165) is 12.1 Å². The lowest BCUT2D eigenvalue weighted by Crippen LogP contribution is -2.37. The van der Waals surface area contributed by atoms with Gasteiger partial charge in [0, 0.05) is 12.5 Å². The fourth-order valence-corrected chi connectivity index (χ4v) is 2.37. The molecule has 7 heteroatoms. The number of primary amides is 1. The van der Waals surface area contributed by atoms with Gasteiger partial charge in [-0.1, -0.05) is 6.07 Å². The first-order valence-electron chi connectivity index (χ1n) is 5.91. The number of carbonyl (C=O) groups excluding carboxylic acids is 1. The molecule has 109 valence electrons. The Morgan fingerprint density at radius 1 is 1.40 bits per heavy atom. The predicted octanol–water partition coefficient (Wildman–Crippen LogP) is 1.93. The highest BCUT2D eigenvalue weighted by atomic mass is 19.4. The first-order valence-corrected chi connectivity index (χ1v) is 5.91. The average Bonchev–Trinajstić information content (AvgIpc) is 2.69. The zero-order chi connectivity index (χ0) is 15.1. The maximum Gasteiger partial charge on any atom is 0.419 e. The lowest BCUT2D eigenvalue weighted by atomic mass is 9.95. The highest BCUT2D eigenvalue weighted by Gasteiger charge is 2.37. The van der Waals surface area contributed by atoms with E-state index < -0.39 is 29.5 Å². The fraction of sp³-hybridized carbons (Fsp3) is 0.385. The zero-order valence-electron chi connectivity index (χ0n) is 10.6. The van der Waals surface area contributed by atoms with E-state index in [-0.39, 0.29) is 5.92 Å². The van der Waals surface area contributed by atoms with Crippen LogP contribution in [0.4, 0.5) is 17.6 Å². The number of hydrogen-bond acceptors (Lipinski definition) is 2. The molecule has 20 heavy (non-hydrogen) atoms. The number of benzene rings is 1. The third-order valence-corrected chi connectivity index (χ3v) is 3.39. The number of nitrogens with zero attached hydrogens (tertiary/aromatic N) is 1. The summed E-state index contributed by atoms with van der Waals surface area (Å²) in [5.74, 6) is -2.18. The lowest BCUT2D eigenvalue weighted by Gasteiger charge is -2.14. The first-order chi connectivity index (χ1) is 9.20. The molecule has 0 bridgehead atoms. The van der Waals surface area contributed by atoms with Gasteiger partial charge in [0.2, 0.25) is 5.91 Å². The average molecular weight is 289 g/mol. The molecule has 0 saturated carbocycles. The monoisotopic (exact) mass is 289 g/mol. The van der Waals surface area contributed by atoms with Gasteiger partial charge in [0.25, 0.3) is 0 Å². The summed E-state index contributed by atoms with van der Waals surface area (Å²) < 4.78 is 50.9. The Labute approximate surface area is 113 Å². The zero-order valence-corrected chi connectivity index (χ0v) is 10.6. The number of likely N-dealkylation sites (N-methyl/N-ethyl adjacent to an activating group) is 1. The van der Waals surface area contributed by atoms with Crippen LogP contribution in [0.5, 0.6) is 0 Å². The van der Waals surface area contributed by atoms with Crippen LogP contribution in [-0.2, 0) is 11.0 Å². The van der Waals surface area contributed by atoms with Gasteiger partial charge in [-0.25, -0.2) is 4.39 Å². The van der Waals surface area contributed by atoms with Crippen molar-refractivity contribution >= 4 is 5.91 Å². The van der Waals surface area contributed by atoms with Gasteiger partial charge in [-0.15, -0.1) is 0 Å². The molecule has 2 unspecified atom stereocenters. The van der Waals surface area contributed by atoms with Gasteiger partial charge in [-0.05, 0) is 31.2 Å². The highest BCUT2D eigenvalue weighted by Crippen LogP contribution is 2.35. The largest absolute Gasteiger partial charge is 0.419 e. The molecule has 2 N–H and O–H groups in total. The molecule has 1 aromatic carbocycles. The molecule has 2 rings (SSSR count). The van der Waals surface area contributed by atoms with Crippen LogP contribution in [0.15, 0.2) is 18.2 Å². The molecule has 0 spiro atoms. The summed E-state index contributed by atoms with van der Waals surface area (Å²) in [4.78, 5) is 12.8. The van der Waals surface area contributed by atoms with E-state index in [1.807, 2.05) is 0 Å². The predicted molar refractivity (Wildman–Crippen MR) is 64.1 cm³/mol. The van der Waals surface area contributed by atoms with E-state index in [2.05, 4.69) is 0 Å². The summed E-state index contributed by atoms with van der Waals surface area (Å²) in [6, 6.07) is 2.21. The van der Waals surface area contributed by atoms with Crippen molar-refractivity contribution in [2.75, 3.05) is 13.6 Å². The molecule has 1 aliphatic heterocycles. The number of rotatable bonds is 2. The van der Waals surface area contributed by atoms with Crippen molar-refractivity contribution in [2.45, 2.75) is 18.1 Å². The van der Waals surface area contributed by atoms with Crippen molar-refractivity contribution in [3.63, 3.8) is 0 Å². The smallest absolute Gasteiger partial charge is 0.368 e. The first kappa shape index (κ1) is 14.8. The Bertz CT molecular complexity index is 530. The molecule has 1 radical (unpaired) electrons. The van der Waals surface area contributed by atoms with Crippen LogP contribution in [-0.4, -0.2) is 30.4 Å². The number of halogens is 4. The number of carbonyl (C=O) groups is 1. The van der Waals surface area contributed by atoms with Crippen molar-refractivity contribution < 1.29 is 22.4 Å². The molecular formula is C13H13F4N2O. The molecule has 1 aliphatic rings. The highest BCUT2D eigenvalue weighted by molar-refractivity contribution is 5.82. The van der Waals surface area contributed by atoms with Crippen LogP contribution in [0.1, 0.15) is 17.0 Å². The molecule has 1 aromatic rings. The van der Waals surface area contributed by atoms with Crippen LogP contribution in [0.3, 0.4) is 0 Å². The van der Waals surface area contributed by atoms with Crippen LogP contribution >= 0.6 is 0 Å². The van der Waals surface area contributed by atoms with Crippen molar-refractivity contribution in [2.24, 2.45) is 5.73 Å². The van der Waals surface area contributed by atoms with Gasteiger partial charge in [0.1, 0.15) is 5.82 Å². The molecule has 1 amide bonds. The van der Waals surface area contributed by atoms with Crippen LogP contribution < -0.4 is 5.73 Å².